The van der Waals surface area contributed by atoms with Gasteiger partial charge in [0.2, 0.25) is 10.0 Å². The molecule has 1 saturated carbocycles. The maximum Gasteiger partial charge on any atom is 0.219 e. The van der Waals surface area contributed by atoms with E-state index in [4.69, 9.17) is 28.0 Å². The van der Waals surface area contributed by atoms with Gasteiger partial charge in [0, 0.05) is 23.1 Å². The van der Waals surface area contributed by atoms with Crippen molar-refractivity contribution in [3.05, 3.63) is 33.8 Å². The molecule has 2 aliphatic rings. The molecular formula is C13H16Cl2N2O3S. The van der Waals surface area contributed by atoms with E-state index in [1.165, 1.54) is 0 Å². The average molecular weight is 351 g/mol. The fourth-order valence-corrected chi connectivity index (χ4v) is 4.81. The highest BCUT2D eigenvalue weighted by Gasteiger charge is 2.45. The topological polar surface area (TPSA) is 58.6 Å². The summed E-state index contributed by atoms with van der Waals surface area (Å²) in [5, 5.41) is 1.81. The van der Waals surface area contributed by atoms with Crippen LogP contribution >= 0.6 is 23.2 Å². The fraction of sp³-hybridized carbons (Fsp3) is 0.538. The van der Waals surface area contributed by atoms with Crippen LogP contribution in [0.3, 0.4) is 0 Å². The molecule has 0 bridgehead atoms. The normalized spacial score (nSPS) is 27.2. The van der Waals surface area contributed by atoms with E-state index in [1.54, 1.807) is 30.3 Å². The molecular weight excluding hydrogens is 335 g/mol. The van der Waals surface area contributed by atoms with Gasteiger partial charge in [0.1, 0.15) is 5.25 Å². The first-order valence-electron chi connectivity index (χ1n) is 6.70. The Kier molecular flexibility index (Phi) is 4.20. The second-order valence-corrected chi connectivity index (χ2v) is 8.20. The molecule has 1 saturated heterocycles. The van der Waals surface area contributed by atoms with Crippen molar-refractivity contribution in [2.75, 3.05) is 13.7 Å². The number of hydrogen-bond acceptors (Lipinski definition) is 4. The quantitative estimate of drug-likeness (QED) is 0.905. The number of hydrogen-bond donors (Lipinski definition) is 1. The molecule has 2 atom stereocenters. The minimum atomic E-state index is -3.46. The molecule has 1 aliphatic heterocycles. The van der Waals surface area contributed by atoms with Gasteiger partial charge >= 0.3 is 0 Å². The Hall–Kier alpha value is -0.370. The second-order valence-electron chi connectivity index (χ2n) is 5.43. The summed E-state index contributed by atoms with van der Waals surface area (Å²) in [6, 6.07) is 4.68. The number of benzene rings is 1. The molecule has 0 spiro atoms. The van der Waals surface area contributed by atoms with Crippen LogP contribution in [0.4, 0.5) is 0 Å². The van der Waals surface area contributed by atoms with Gasteiger partial charge in [-0.15, -0.1) is 0 Å². The minimum absolute atomic E-state index is 0.0715. The fourth-order valence-electron chi connectivity index (χ4n) is 2.51. The Morgan fingerprint density at radius 2 is 2.05 bits per heavy atom. The lowest BCUT2D eigenvalue weighted by molar-refractivity contribution is -0.110. The lowest BCUT2D eigenvalue weighted by atomic mass is 10.0. The van der Waals surface area contributed by atoms with Crippen LogP contribution in [0.15, 0.2) is 18.2 Å². The smallest absolute Gasteiger partial charge is 0.219 e. The van der Waals surface area contributed by atoms with Crippen LogP contribution in [0.25, 0.3) is 0 Å². The molecule has 116 valence electrons. The molecule has 21 heavy (non-hydrogen) atoms. The van der Waals surface area contributed by atoms with Gasteiger partial charge in [-0.3, -0.25) is 4.84 Å². The van der Waals surface area contributed by atoms with Gasteiger partial charge in [0.25, 0.3) is 0 Å². The largest absolute Gasteiger partial charge is 0.297 e. The highest BCUT2D eigenvalue weighted by molar-refractivity contribution is 7.90. The Labute approximate surface area is 134 Å². The molecule has 1 N–H and O–H groups in total. The highest BCUT2D eigenvalue weighted by Crippen LogP contribution is 2.38. The van der Waals surface area contributed by atoms with Gasteiger partial charge in [-0.25, -0.2) is 13.1 Å². The molecule has 0 aromatic heterocycles. The Balaban J connectivity index is 1.93. The van der Waals surface area contributed by atoms with E-state index in [1.807, 2.05) is 0 Å². The zero-order chi connectivity index (χ0) is 15.2. The van der Waals surface area contributed by atoms with Crippen molar-refractivity contribution in [2.45, 2.75) is 30.2 Å². The van der Waals surface area contributed by atoms with Gasteiger partial charge in [-0.05, 0) is 30.5 Å². The predicted octanol–water partition coefficient (Wildman–Crippen LogP) is 2.36. The Morgan fingerprint density at radius 1 is 1.33 bits per heavy atom. The standard InChI is InChI=1S/C13H16Cl2N2O3S/c1-17-13(10-5-2-8(14)6-11(10)15)12(7-20-17)21(18,19)16-9-3-4-9/h2,5-6,9,12-13,16H,3-4,7H2,1H3. The molecule has 1 aromatic rings. The monoisotopic (exact) mass is 350 g/mol. The first-order valence-corrected chi connectivity index (χ1v) is 9.00. The van der Waals surface area contributed by atoms with E-state index in [0.717, 1.165) is 12.8 Å². The zero-order valence-corrected chi connectivity index (χ0v) is 13.7. The maximum absolute atomic E-state index is 12.5. The van der Waals surface area contributed by atoms with Gasteiger partial charge in [0.05, 0.1) is 12.6 Å². The lowest BCUT2D eigenvalue weighted by Crippen LogP contribution is -2.40. The summed E-state index contributed by atoms with van der Waals surface area (Å²) in [5.74, 6) is 0. The van der Waals surface area contributed by atoms with Crippen LogP contribution in [-0.4, -0.2) is 38.4 Å². The lowest BCUT2D eigenvalue weighted by Gasteiger charge is -2.24. The molecule has 1 aliphatic carbocycles. The molecule has 8 heteroatoms. The average Bonchev–Trinajstić information content (AvgIpc) is 3.10. The van der Waals surface area contributed by atoms with Crippen LogP contribution in [0.5, 0.6) is 0 Å². The van der Waals surface area contributed by atoms with Crippen molar-refractivity contribution in [3.63, 3.8) is 0 Å². The van der Waals surface area contributed by atoms with Crippen LogP contribution in [0.2, 0.25) is 10.0 Å². The van der Waals surface area contributed by atoms with Gasteiger partial charge in [-0.1, -0.05) is 29.3 Å². The predicted molar refractivity (Wildman–Crippen MR) is 81.8 cm³/mol. The van der Waals surface area contributed by atoms with Crippen LogP contribution in [0, 0.1) is 0 Å². The SMILES string of the molecule is CN1OCC(S(=O)(=O)NC2CC2)C1c1ccc(Cl)cc1Cl. The van der Waals surface area contributed by atoms with E-state index in [9.17, 15) is 8.42 Å². The van der Waals surface area contributed by atoms with Gasteiger partial charge in [0.15, 0.2) is 0 Å². The summed E-state index contributed by atoms with van der Waals surface area (Å²) < 4.78 is 27.7. The van der Waals surface area contributed by atoms with Crippen molar-refractivity contribution in [2.24, 2.45) is 0 Å². The van der Waals surface area contributed by atoms with E-state index in [-0.39, 0.29) is 12.6 Å². The third-order valence-electron chi connectivity index (χ3n) is 3.77. The summed E-state index contributed by atoms with van der Waals surface area (Å²) >= 11 is 12.1. The number of halogens is 2. The first-order chi connectivity index (χ1) is 9.88. The van der Waals surface area contributed by atoms with Crippen molar-refractivity contribution in [3.8, 4) is 0 Å². The Morgan fingerprint density at radius 3 is 2.67 bits per heavy atom. The van der Waals surface area contributed by atoms with Crippen molar-refractivity contribution in [1.82, 2.24) is 9.79 Å². The van der Waals surface area contributed by atoms with Crippen molar-refractivity contribution in [1.29, 1.82) is 0 Å². The maximum atomic E-state index is 12.5. The molecule has 1 aromatic carbocycles. The number of hydroxylamine groups is 2. The molecule has 1 heterocycles. The molecule has 5 nitrogen and oxygen atoms in total. The van der Waals surface area contributed by atoms with E-state index >= 15 is 0 Å². The molecule has 3 rings (SSSR count). The van der Waals surface area contributed by atoms with Crippen LogP contribution in [-0.2, 0) is 14.9 Å². The highest BCUT2D eigenvalue weighted by atomic mass is 35.5. The molecule has 2 fully saturated rings. The number of sulfonamides is 1. The molecule has 0 radical (unpaired) electrons. The summed E-state index contributed by atoms with van der Waals surface area (Å²) in [4.78, 5) is 5.43. The summed E-state index contributed by atoms with van der Waals surface area (Å²) in [5.41, 5.74) is 0.701. The number of nitrogens with one attached hydrogen (secondary N) is 1. The third-order valence-corrected chi connectivity index (χ3v) is 6.19. The van der Waals surface area contributed by atoms with Crippen molar-refractivity contribution >= 4 is 33.2 Å². The summed E-state index contributed by atoms with van der Waals surface area (Å²) in [6.07, 6.45) is 1.80. The second kappa shape index (κ2) is 5.68. The van der Waals surface area contributed by atoms with Crippen molar-refractivity contribution < 1.29 is 13.3 Å². The summed E-state index contributed by atoms with van der Waals surface area (Å²) in [7, 11) is -1.75. The number of nitrogens with zero attached hydrogens (tertiary/aromatic N) is 1. The Bertz CT molecular complexity index is 649. The number of rotatable bonds is 4. The van der Waals surface area contributed by atoms with Gasteiger partial charge in [-0.2, -0.15) is 5.06 Å². The van der Waals surface area contributed by atoms with E-state index in [0.29, 0.717) is 15.6 Å². The van der Waals surface area contributed by atoms with E-state index < -0.39 is 21.3 Å². The molecule has 2 unspecified atom stereocenters. The molecule has 0 amide bonds. The summed E-state index contributed by atoms with van der Waals surface area (Å²) in [6.45, 7) is 0.113. The minimum Gasteiger partial charge on any atom is -0.297 e. The van der Waals surface area contributed by atoms with Gasteiger partial charge < -0.3 is 0 Å². The third kappa shape index (κ3) is 3.21. The zero-order valence-electron chi connectivity index (χ0n) is 11.4. The first kappa shape index (κ1) is 15.5. The van der Waals surface area contributed by atoms with E-state index in [2.05, 4.69) is 4.72 Å². The van der Waals surface area contributed by atoms with Crippen LogP contribution in [0.1, 0.15) is 24.4 Å². The van der Waals surface area contributed by atoms with Crippen LogP contribution < -0.4 is 4.72 Å².